The van der Waals surface area contributed by atoms with Crippen LogP contribution in [0.3, 0.4) is 0 Å². The number of carbonyl (C=O) groups is 3. The standard InChI is InChI=1S/C18H27N3O3.C2HF3O2/c1-12(2)11-15(21-18(23)13(3)19)7-10-17(22)20-14-5-8-16(24-4)9-6-14;3-2(4,5)1(6)7/h5-10,12-13,15H,11,19H2,1-4H3,(H,20,22)(H,21,23);(H,6,7)/t13-,15+;/m0./s1. The SMILES string of the molecule is COc1ccc(NC(=O)C=C[C@H](CC(C)C)NC(=O)[C@H](C)N)cc1.O=C(O)C(F)(F)F. The molecule has 8 nitrogen and oxygen atoms in total. The van der Waals surface area contributed by atoms with Crippen LogP contribution in [-0.4, -0.2) is 48.3 Å². The first-order valence-electron chi connectivity index (χ1n) is 9.25. The van der Waals surface area contributed by atoms with E-state index in [2.05, 4.69) is 24.5 Å². The first-order chi connectivity index (χ1) is 14.3. The van der Waals surface area contributed by atoms with Crippen molar-refractivity contribution in [1.29, 1.82) is 0 Å². The van der Waals surface area contributed by atoms with Crippen LogP contribution in [0, 0.1) is 5.92 Å². The molecular weight excluding hydrogens is 419 g/mol. The number of nitrogens with two attached hydrogens (primary N) is 1. The maximum Gasteiger partial charge on any atom is 0.490 e. The number of hydrogen-bond donors (Lipinski definition) is 4. The minimum absolute atomic E-state index is 0.231. The van der Waals surface area contributed by atoms with Crippen molar-refractivity contribution < 1.29 is 37.4 Å². The van der Waals surface area contributed by atoms with Crippen molar-refractivity contribution in [2.24, 2.45) is 11.7 Å². The quantitative estimate of drug-likeness (QED) is 0.453. The van der Waals surface area contributed by atoms with Crippen molar-refractivity contribution in [2.45, 2.75) is 45.5 Å². The Morgan fingerprint density at radius 3 is 2.06 bits per heavy atom. The number of carbonyl (C=O) groups excluding carboxylic acids is 2. The second-order valence-electron chi connectivity index (χ2n) is 6.91. The molecule has 0 aliphatic rings. The maximum absolute atomic E-state index is 12.0. The molecule has 0 spiro atoms. The van der Waals surface area contributed by atoms with Crippen LogP contribution in [0.2, 0.25) is 0 Å². The van der Waals surface area contributed by atoms with E-state index in [4.69, 9.17) is 20.4 Å². The summed E-state index contributed by atoms with van der Waals surface area (Å²) in [5.41, 5.74) is 6.24. The number of benzene rings is 1. The number of halogens is 3. The molecule has 11 heteroatoms. The molecule has 0 fully saturated rings. The minimum atomic E-state index is -5.08. The van der Waals surface area contributed by atoms with Crippen LogP contribution in [0.1, 0.15) is 27.2 Å². The number of nitrogens with one attached hydrogen (secondary N) is 2. The van der Waals surface area contributed by atoms with Gasteiger partial charge < -0.3 is 26.2 Å². The summed E-state index contributed by atoms with van der Waals surface area (Å²) in [6.07, 6.45) is -1.23. The number of ether oxygens (including phenoxy) is 1. The summed E-state index contributed by atoms with van der Waals surface area (Å²) in [6.45, 7) is 5.73. The summed E-state index contributed by atoms with van der Waals surface area (Å²) in [5, 5.41) is 12.7. The van der Waals surface area contributed by atoms with E-state index in [9.17, 15) is 22.8 Å². The summed E-state index contributed by atoms with van der Waals surface area (Å²) in [7, 11) is 1.59. The summed E-state index contributed by atoms with van der Waals surface area (Å²) in [4.78, 5) is 32.7. The molecule has 2 atom stereocenters. The van der Waals surface area contributed by atoms with E-state index in [-0.39, 0.29) is 17.9 Å². The number of carboxylic acid groups (broad SMARTS) is 1. The third kappa shape index (κ3) is 13.0. The summed E-state index contributed by atoms with van der Waals surface area (Å²) >= 11 is 0. The lowest BCUT2D eigenvalue weighted by atomic mass is 10.0. The lowest BCUT2D eigenvalue weighted by molar-refractivity contribution is -0.192. The molecule has 0 heterocycles. The van der Waals surface area contributed by atoms with Gasteiger partial charge in [0.15, 0.2) is 0 Å². The molecule has 31 heavy (non-hydrogen) atoms. The maximum atomic E-state index is 12.0. The molecule has 1 aromatic carbocycles. The van der Waals surface area contributed by atoms with Crippen molar-refractivity contribution in [3.05, 3.63) is 36.4 Å². The van der Waals surface area contributed by atoms with Gasteiger partial charge in [-0.2, -0.15) is 13.2 Å². The number of methoxy groups -OCH3 is 1. The topological polar surface area (TPSA) is 131 Å². The summed E-state index contributed by atoms with van der Waals surface area (Å²) in [5.74, 6) is -2.16. The van der Waals surface area contributed by atoms with Crippen LogP contribution in [-0.2, 0) is 14.4 Å². The van der Waals surface area contributed by atoms with Gasteiger partial charge in [0.1, 0.15) is 5.75 Å². The molecule has 0 saturated carbocycles. The Kier molecular flexibility index (Phi) is 12.0. The zero-order chi connectivity index (χ0) is 24.2. The van der Waals surface area contributed by atoms with Gasteiger partial charge in [-0.3, -0.25) is 9.59 Å². The van der Waals surface area contributed by atoms with Crippen LogP contribution >= 0.6 is 0 Å². The highest BCUT2D eigenvalue weighted by atomic mass is 19.4. The number of carboxylic acids is 1. The molecule has 0 unspecified atom stereocenters. The molecule has 0 saturated heterocycles. The first-order valence-corrected chi connectivity index (χ1v) is 9.25. The van der Waals surface area contributed by atoms with Crippen molar-refractivity contribution in [2.75, 3.05) is 12.4 Å². The number of anilines is 1. The van der Waals surface area contributed by atoms with Crippen LogP contribution in [0.4, 0.5) is 18.9 Å². The molecule has 0 aliphatic heterocycles. The van der Waals surface area contributed by atoms with Crippen LogP contribution < -0.4 is 21.1 Å². The zero-order valence-electron chi connectivity index (χ0n) is 17.7. The lowest BCUT2D eigenvalue weighted by Gasteiger charge is -2.18. The Morgan fingerprint density at radius 2 is 1.68 bits per heavy atom. The Balaban J connectivity index is 0.00000110. The molecule has 2 amide bonds. The second kappa shape index (κ2) is 13.3. The molecule has 1 rings (SSSR count). The van der Waals surface area contributed by atoms with Gasteiger partial charge in [0.2, 0.25) is 11.8 Å². The van der Waals surface area contributed by atoms with E-state index < -0.39 is 18.2 Å². The monoisotopic (exact) mass is 447 g/mol. The van der Waals surface area contributed by atoms with E-state index >= 15 is 0 Å². The smallest absolute Gasteiger partial charge is 0.490 e. The van der Waals surface area contributed by atoms with Gasteiger partial charge in [-0.15, -0.1) is 0 Å². The largest absolute Gasteiger partial charge is 0.497 e. The van der Waals surface area contributed by atoms with Crippen LogP contribution in [0.5, 0.6) is 5.75 Å². The third-order valence-corrected chi connectivity index (χ3v) is 3.55. The average molecular weight is 447 g/mol. The third-order valence-electron chi connectivity index (χ3n) is 3.55. The normalized spacial score (nSPS) is 13.1. The highest BCUT2D eigenvalue weighted by molar-refractivity contribution is 5.99. The molecular formula is C20H28F3N3O5. The number of hydrogen-bond acceptors (Lipinski definition) is 5. The van der Waals surface area contributed by atoms with E-state index in [0.717, 1.165) is 12.2 Å². The fraction of sp³-hybridized carbons (Fsp3) is 0.450. The van der Waals surface area contributed by atoms with Gasteiger partial charge in [-0.25, -0.2) is 4.79 Å². The molecule has 0 aliphatic carbocycles. The molecule has 0 radical (unpaired) electrons. The van der Waals surface area contributed by atoms with E-state index in [1.165, 1.54) is 6.08 Å². The van der Waals surface area contributed by atoms with E-state index in [1.807, 2.05) is 0 Å². The lowest BCUT2D eigenvalue weighted by Crippen LogP contribution is -2.43. The zero-order valence-corrected chi connectivity index (χ0v) is 17.7. The Morgan fingerprint density at radius 1 is 1.16 bits per heavy atom. The van der Waals surface area contributed by atoms with E-state index in [0.29, 0.717) is 11.6 Å². The Hall–Kier alpha value is -3.08. The van der Waals surface area contributed by atoms with Crippen molar-refractivity contribution in [3.8, 4) is 5.75 Å². The summed E-state index contributed by atoms with van der Waals surface area (Å²) in [6, 6.07) is 6.24. The number of rotatable bonds is 8. The Bertz CT molecular complexity index is 747. The summed E-state index contributed by atoms with van der Waals surface area (Å²) < 4.78 is 36.8. The number of alkyl halides is 3. The molecule has 174 valence electrons. The average Bonchev–Trinajstić information content (AvgIpc) is 2.66. The molecule has 0 aromatic heterocycles. The predicted octanol–water partition coefficient (Wildman–Crippen LogP) is 2.70. The van der Waals surface area contributed by atoms with Crippen molar-refractivity contribution in [1.82, 2.24) is 5.32 Å². The number of amides is 2. The fourth-order valence-corrected chi connectivity index (χ4v) is 2.07. The highest BCUT2D eigenvalue weighted by Crippen LogP contribution is 2.15. The van der Waals surface area contributed by atoms with Gasteiger partial charge in [0.25, 0.3) is 0 Å². The first kappa shape index (κ1) is 27.9. The van der Waals surface area contributed by atoms with Crippen molar-refractivity contribution in [3.63, 3.8) is 0 Å². The van der Waals surface area contributed by atoms with Gasteiger partial charge in [0, 0.05) is 17.8 Å². The molecule has 1 aromatic rings. The van der Waals surface area contributed by atoms with Gasteiger partial charge in [-0.1, -0.05) is 19.9 Å². The van der Waals surface area contributed by atoms with Gasteiger partial charge in [-0.05, 0) is 43.5 Å². The van der Waals surface area contributed by atoms with Crippen molar-refractivity contribution >= 4 is 23.5 Å². The molecule has 0 bridgehead atoms. The second-order valence-corrected chi connectivity index (χ2v) is 6.91. The van der Waals surface area contributed by atoms with Gasteiger partial charge in [0.05, 0.1) is 13.2 Å². The number of aliphatic carboxylic acids is 1. The highest BCUT2D eigenvalue weighted by Gasteiger charge is 2.38. The van der Waals surface area contributed by atoms with E-state index in [1.54, 1.807) is 44.4 Å². The predicted molar refractivity (Wildman–Crippen MR) is 109 cm³/mol. The molecule has 5 N–H and O–H groups in total. The fourth-order valence-electron chi connectivity index (χ4n) is 2.07. The Labute approximate surface area is 178 Å². The van der Waals surface area contributed by atoms with Gasteiger partial charge >= 0.3 is 12.1 Å². The van der Waals surface area contributed by atoms with Crippen LogP contribution in [0.15, 0.2) is 36.4 Å². The minimum Gasteiger partial charge on any atom is -0.497 e. The van der Waals surface area contributed by atoms with Crippen LogP contribution in [0.25, 0.3) is 0 Å².